The molecule has 0 amide bonds. The van der Waals surface area contributed by atoms with Gasteiger partial charge in [-0.05, 0) is 19.8 Å². The number of rotatable bonds is 4. The fraction of sp³-hybridized carbons (Fsp3) is 0.692. The predicted octanol–water partition coefficient (Wildman–Crippen LogP) is 3.03. The average Bonchev–Trinajstić information content (AvgIpc) is 2.86. The summed E-state index contributed by atoms with van der Waals surface area (Å²) in [5.41, 5.74) is 0.603. The number of carbonyl (C=O) groups is 1. The topological polar surface area (TPSA) is 42.4 Å². The molecule has 1 aliphatic heterocycles. The number of hydrogen-bond acceptors (Lipinski definition) is 5. The molecule has 0 spiro atoms. The van der Waals surface area contributed by atoms with Gasteiger partial charge in [0.2, 0.25) is 0 Å². The van der Waals surface area contributed by atoms with Crippen molar-refractivity contribution in [3.63, 3.8) is 0 Å². The van der Waals surface area contributed by atoms with Gasteiger partial charge in [-0.2, -0.15) is 13.2 Å². The van der Waals surface area contributed by atoms with E-state index in [0.717, 1.165) is 0 Å². The summed E-state index contributed by atoms with van der Waals surface area (Å²) >= 11 is 1.35. The van der Waals surface area contributed by atoms with Crippen LogP contribution in [0.1, 0.15) is 25.5 Å². The minimum Gasteiger partial charge on any atom is -0.466 e. The van der Waals surface area contributed by atoms with E-state index < -0.39 is 12.1 Å². The monoisotopic (exact) mass is 322 g/mol. The summed E-state index contributed by atoms with van der Waals surface area (Å²) < 4.78 is 42.7. The van der Waals surface area contributed by atoms with Gasteiger partial charge in [-0.25, -0.2) is 4.98 Å². The normalized spacial score (nSPS) is 17.0. The molecule has 0 atom stereocenters. The molecule has 0 N–H and O–H groups in total. The van der Waals surface area contributed by atoms with Gasteiger partial charge < -0.3 is 9.64 Å². The smallest absolute Gasteiger partial charge is 0.391 e. The number of nitrogens with zero attached hydrogens (tertiary/aromatic N) is 2. The third-order valence-electron chi connectivity index (χ3n) is 3.40. The molecule has 0 aliphatic carbocycles. The maximum Gasteiger partial charge on any atom is 0.391 e. The van der Waals surface area contributed by atoms with Gasteiger partial charge in [-0.3, -0.25) is 4.79 Å². The molecule has 21 heavy (non-hydrogen) atoms. The second kappa shape index (κ2) is 6.64. The first-order chi connectivity index (χ1) is 9.90. The number of carbonyl (C=O) groups excluding carboxylic acids is 1. The Morgan fingerprint density at radius 1 is 1.48 bits per heavy atom. The first-order valence-electron chi connectivity index (χ1n) is 6.82. The predicted molar refractivity (Wildman–Crippen MR) is 73.4 cm³/mol. The number of alkyl halides is 3. The number of anilines is 1. The molecule has 1 saturated heterocycles. The van der Waals surface area contributed by atoms with Gasteiger partial charge >= 0.3 is 12.1 Å². The Balaban J connectivity index is 1.90. The SMILES string of the molecule is CCOC(=O)Cc1csc(N2CCC(C(F)(F)F)CC2)n1. The zero-order valence-corrected chi connectivity index (χ0v) is 12.5. The van der Waals surface area contributed by atoms with Crippen LogP contribution in [0.3, 0.4) is 0 Å². The number of esters is 1. The summed E-state index contributed by atoms with van der Waals surface area (Å²) in [6.45, 7) is 2.74. The van der Waals surface area contributed by atoms with Crippen LogP contribution in [0.2, 0.25) is 0 Å². The first-order valence-corrected chi connectivity index (χ1v) is 7.69. The molecular formula is C13H17F3N2O2S. The lowest BCUT2D eigenvalue weighted by atomic mass is 9.97. The Hall–Kier alpha value is -1.31. The Kier molecular flexibility index (Phi) is 5.08. The number of piperidine rings is 1. The number of thiazole rings is 1. The molecule has 2 rings (SSSR count). The molecule has 1 aromatic rings. The molecule has 2 heterocycles. The van der Waals surface area contributed by atoms with Crippen LogP contribution in [-0.4, -0.2) is 36.8 Å². The van der Waals surface area contributed by atoms with E-state index in [0.29, 0.717) is 30.5 Å². The summed E-state index contributed by atoms with van der Waals surface area (Å²) in [5, 5.41) is 2.43. The first kappa shape index (κ1) is 16.1. The fourth-order valence-electron chi connectivity index (χ4n) is 2.28. The van der Waals surface area contributed by atoms with Crippen molar-refractivity contribution in [3.8, 4) is 0 Å². The zero-order valence-electron chi connectivity index (χ0n) is 11.7. The number of ether oxygens (including phenoxy) is 1. The molecule has 4 nitrogen and oxygen atoms in total. The summed E-state index contributed by atoms with van der Waals surface area (Å²) in [6, 6.07) is 0. The molecule has 0 saturated carbocycles. The highest BCUT2D eigenvalue weighted by atomic mass is 32.1. The van der Waals surface area contributed by atoms with E-state index in [1.807, 2.05) is 4.90 Å². The number of hydrogen-bond donors (Lipinski definition) is 0. The molecule has 0 bridgehead atoms. The van der Waals surface area contributed by atoms with E-state index in [1.165, 1.54) is 11.3 Å². The molecule has 0 unspecified atom stereocenters. The van der Waals surface area contributed by atoms with Crippen LogP contribution in [0.15, 0.2) is 5.38 Å². The Morgan fingerprint density at radius 3 is 2.71 bits per heavy atom. The van der Waals surface area contributed by atoms with Gasteiger partial charge in [0.1, 0.15) is 0 Å². The van der Waals surface area contributed by atoms with Crippen molar-refractivity contribution in [1.82, 2.24) is 4.98 Å². The van der Waals surface area contributed by atoms with E-state index in [1.54, 1.807) is 12.3 Å². The van der Waals surface area contributed by atoms with Gasteiger partial charge in [0.05, 0.1) is 24.6 Å². The maximum absolute atomic E-state index is 12.6. The van der Waals surface area contributed by atoms with E-state index in [-0.39, 0.29) is 25.2 Å². The highest BCUT2D eigenvalue weighted by molar-refractivity contribution is 7.13. The van der Waals surface area contributed by atoms with Crippen LogP contribution in [0.5, 0.6) is 0 Å². The van der Waals surface area contributed by atoms with Gasteiger partial charge in [-0.15, -0.1) is 11.3 Å². The van der Waals surface area contributed by atoms with Crippen molar-refractivity contribution in [3.05, 3.63) is 11.1 Å². The van der Waals surface area contributed by atoms with Crippen molar-refractivity contribution in [1.29, 1.82) is 0 Å². The summed E-state index contributed by atoms with van der Waals surface area (Å²) in [6.07, 6.45) is -3.82. The van der Waals surface area contributed by atoms with E-state index >= 15 is 0 Å². The van der Waals surface area contributed by atoms with Crippen LogP contribution >= 0.6 is 11.3 Å². The Morgan fingerprint density at radius 2 is 2.14 bits per heavy atom. The third-order valence-corrected chi connectivity index (χ3v) is 4.35. The molecule has 0 aromatic carbocycles. The molecular weight excluding hydrogens is 305 g/mol. The lowest BCUT2D eigenvalue weighted by Crippen LogP contribution is -2.39. The molecule has 1 fully saturated rings. The van der Waals surface area contributed by atoms with Crippen molar-refractivity contribution >= 4 is 22.4 Å². The Labute approximate surface area is 124 Å². The van der Waals surface area contributed by atoms with Crippen LogP contribution < -0.4 is 4.90 Å². The lowest BCUT2D eigenvalue weighted by Gasteiger charge is -2.32. The fourth-order valence-corrected chi connectivity index (χ4v) is 3.16. The molecule has 1 aromatic heterocycles. The van der Waals surface area contributed by atoms with Crippen molar-refractivity contribution < 1.29 is 22.7 Å². The van der Waals surface area contributed by atoms with Crippen molar-refractivity contribution in [2.24, 2.45) is 5.92 Å². The highest BCUT2D eigenvalue weighted by Gasteiger charge is 2.41. The minimum atomic E-state index is -4.11. The quantitative estimate of drug-likeness (QED) is 0.799. The highest BCUT2D eigenvalue weighted by Crippen LogP contribution is 2.35. The lowest BCUT2D eigenvalue weighted by molar-refractivity contribution is -0.179. The molecule has 0 radical (unpaired) electrons. The van der Waals surface area contributed by atoms with E-state index in [2.05, 4.69) is 4.98 Å². The third kappa shape index (κ3) is 4.33. The average molecular weight is 322 g/mol. The standard InChI is InChI=1S/C13H17F3N2O2S/c1-2-20-11(19)7-10-8-21-12(17-10)18-5-3-9(4-6-18)13(14,15)16/h8-9H,2-7H2,1H3. The second-order valence-electron chi connectivity index (χ2n) is 4.91. The molecule has 118 valence electrons. The van der Waals surface area contributed by atoms with E-state index in [4.69, 9.17) is 4.74 Å². The largest absolute Gasteiger partial charge is 0.466 e. The minimum absolute atomic E-state index is 0.0935. The second-order valence-corrected chi connectivity index (χ2v) is 5.74. The van der Waals surface area contributed by atoms with Crippen LogP contribution in [0, 0.1) is 5.92 Å². The van der Waals surface area contributed by atoms with Crippen molar-refractivity contribution in [2.75, 3.05) is 24.6 Å². The number of aromatic nitrogens is 1. The van der Waals surface area contributed by atoms with E-state index in [9.17, 15) is 18.0 Å². The Bertz CT molecular complexity index is 482. The summed E-state index contributed by atoms with van der Waals surface area (Å²) in [7, 11) is 0. The molecule has 8 heteroatoms. The maximum atomic E-state index is 12.6. The van der Waals surface area contributed by atoms with Crippen LogP contribution in [0.25, 0.3) is 0 Å². The summed E-state index contributed by atoms with van der Waals surface area (Å²) in [5.74, 6) is -1.56. The van der Waals surface area contributed by atoms with Gasteiger partial charge in [0, 0.05) is 18.5 Å². The van der Waals surface area contributed by atoms with Gasteiger partial charge in [-0.1, -0.05) is 0 Å². The van der Waals surface area contributed by atoms with Crippen molar-refractivity contribution in [2.45, 2.75) is 32.4 Å². The van der Waals surface area contributed by atoms with Crippen LogP contribution in [0.4, 0.5) is 18.3 Å². The van der Waals surface area contributed by atoms with Crippen LogP contribution in [-0.2, 0) is 16.0 Å². The van der Waals surface area contributed by atoms with Gasteiger partial charge in [0.15, 0.2) is 5.13 Å². The molecule has 1 aliphatic rings. The number of halogens is 3. The summed E-state index contributed by atoms with van der Waals surface area (Å²) in [4.78, 5) is 17.5. The van der Waals surface area contributed by atoms with Gasteiger partial charge in [0.25, 0.3) is 0 Å². The zero-order chi connectivity index (χ0) is 15.5.